The van der Waals surface area contributed by atoms with Crippen molar-refractivity contribution in [3.63, 3.8) is 0 Å². The lowest BCUT2D eigenvalue weighted by Crippen LogP contribution is -2.27. The first-order valence-electron chi connectivity index (χ1n) is 8.02. The highest BCUT2D eigenvalue weighted by atomic mass is 16.5. The van der Waals surface area contributed by atoms with E-state index < -0.39 is 0 Å². The fraction of sp³-hybridized carbons (Fsp3) is 0.750. The number of rotatable bonds is 4. The van der Waals surface area contributed by atoms with Crippen LogP contribution in [-0.2, 0) is 11.2 Å². The van der Waals surface area contributed by atoms with Crippen LogP contribution in [0.15, 0.2) is 6.20 Å². The lowest BCUT2D eigenvalue weighted by atomic mass is 9.92. The smallest absolute Gasteiger partial charge is 0.157 e. The normalized spacial score (nSPS) is 29.4. The highest BCUT2D eigenvalue weighted by Gasteiger charge is 2.28. The average molecular weight is 275 g/mol. The Balaban J connectivity index is 1.78. The van der Waals surface area contributed by atoms with Crippen molar-refractivity contribution in [2.75, 3.05) is 6.54 Å². The molecule has 0 aromatic carbocycles. The van der Waals surface area contributed by atoms with Gasteiger partial charge in [0.15, 0.2) is 5.82 Å². The number of aryl methyl sites for hydroxylation is 1. The summed E-state index contributed by atoms with van der Waals surface area (Å²) >= 11 is 0. The van der Waals surface area contributed by atoms with Gasteiger partial charge < -0.3 is 10.1 Å². The first kappa shape index (κ1) is 14.0. The van der Waals surface area contributed by atoms with Crippen LogP contribution in [0.3, 0.4) is 0 Å². The van der Waals surface area contributed by atoms with Gasteiger partial charge in [0, 0.05) is 23.5 Å². The van der Waals surface area contributed by atoms with Crippen LogP contribution in [0.5, 0.6) is 0 Å². The standard InChI is InChI=1S/C16H25N3O/c1-3-9-17-13-5-4-6-14-12(13)10-18-16(19-14)15-8-7-11(2)20-15/h10-11,13,15,17H,3-9H2,1-2H3. The van der Waals surface area contributed by atoms with Crippen LogP contribution in [0, 0.1) is 0 Å². The molecule has 0 bridgehead atoms. The van der Waals surface area contributed by atoms with Gasteiger partial charge in [0.25, 0.3) is 0 Å². The number of aromatic nitrogens is 2. The van der Waals surface area contributed by atoms with E-state index in [-0.39, 0.29) is 6.10 Å². The summed E-state index contributed by atoms with van der Waals surface area (Å²) in [5, 5.41) is 3.61. The van der Waals surface area contributed by atoms with Gasteiger partial charge >= 0.3 is 0 Å². The minimum atomic E-state index is 0.110. The van der Waals surface area contributed by atoms with Gasteiger partial charge in [0.2, 0.25) is 0 Å². The summed E-state index contributed by atoms with van der Waals surface area (Å²) in [6.45, 7) is 5.40. The molecule has 4 heteroatoms. The molecule has 1 saturated heterocycles. The molecule has 0 spiro atoms. The summed E-state index contributed by atoms with van der Waals surface area (Å²) < 4.78 is 5.89. The zero-order valence-electron chi connectivity index (χ0n) is 12.6. The molecule has 2 aliphatic rings. The highest BCUT2D eigenvalue weighted by molar-refractivity contribution is 5.25. The van der Waals surface area contributed by atoms with Crippen molar-refractivity contribution in [1.82, 2.24) is 15.3 Å². The number of hydrogen-bond acceptors (Lipinski definition) is 4. The number of nitrogens with zero attached hydrogens (tertiary/aromatic N) is 2. The van der Waals surface area contributed by atoms with Crippen LogP contribution in [-0.4, -0.2) is 22.6 Å². The van der Waals surface area contributed by atoms with Crippen LogP contribution in [0.2, 0.25) is 0 Å². The maximum Gasteiger partial charge on any atom is 0.157 e. The van der Waals surface area contributed by atoms with E-state index in [1.54, 1.807) is 0 Å². The van der Waals surface area contributed by atoms with Crippen molar-refractivity contribution in [3.05, 3.63) is 23.3 Å². The Morgan fingerprint density at radius 2 is 2.25 bits per heavy atom. The van der Waals surface area contributed by atoms with Crippen molar-refractivity contribution >= 4 is 0 Å². The monoisotopic (exact) mass is 275 g/mol. The minimum Gasteiger partial charge on any atom is -0.367 e. The Hall–Kier alpha value is -1.00. The summed E-state index contributed by atoms with van der Waals surface area (Å²) in [6.07, 6.45) is 9.33. The number of ether oxygens (including phenoxy) is 1. The van der Waals surface area contributed by atoms with Crippen molar-refractivity contribution in [3.8, 4) is 0 Å². The second kappa shape index (κ2) is 6.19. The molecule has 0 radical (unpaired) electrons. The topological polar surface area (TPSA) is 47.0 Å². The van der Waals surface area contributed by atoms with E-state index in [4.69, 9.17) is 9.72 Å². The Morgan fingerprint density at radius 3 is 3.00 bits per heavy atom. The Bertz CT molecular complexity index is 463. The summed E-state index contributed by atoms with van der Waals surface area (Å²) in [5.74, 6) is 0.893. The molecule has 1 N–H and O–H groups in total. The Morgan fingerprint density at radius 1 is 1.35 bits per heavy atom. The van der Waals surface area contributed by atoms with Gasteiger partial charge in [-0.1, -0.05) is 6.92 Å². The summed E-state index contributed by atoms with van der Waals surface area (Å²) in [6, 6.07) is 0.441. The third-order valence-electron chi connectivity index (χ3n) is 4.36. The molecule has 2 heterocycles. The molecule has 0 saturated carbocycles. The van der Waals surface area contributed by atoms with E-state index in [9.17, 15) is 0 Å². The van der Waals surface area contributed by atoms with Crippen LogP contribution in [0.1, 0.15) is 75.2 Å². The van der Waals surface area contributed by atoms with Crippen LogP contribution >= 0.6 is 0 Å². The molecule has 3 rings (SSSR count). The summed E-state index contributed by atoms with van der Waals surface area (Å²) in [4.78, 5) is 9.40. The maximum atomic E-state index is 5.89. The molecule has 1 aliphatic heterocycles. The fourth-order valence-corrected chi connectivity index (χ4v) is 3.24. The molecule has 3 atom stereocenters. The van der Waals surface area contributed by atoms with Crippen molar-refractivity contribution < 1.29 is 4.74 Å². The van der Waals surface area contributed by atoms with E-state index >= 15 is 0 Å². The summed E-state index contributed by atoms with van der Waals surface area (Å²) in [7, 11) is 0. The van der Waals surface area contributed by atoms with Gasteiger partial charge in [-0.25, -0.2) is 9.97 Å². The maximum absolute atomic E-state index is 5.89. The average Bonchev–Trinajstić information content (AvgIpc) is 2.91. The molecule has 1 fully saturated rings. The second-order valence-corrected chi connectivity index (χ2v) is 6.04. The molecule has 20 heavy (non-hydrogen) atoms. The highest BCUT2D eigenvalue weighted by Crippen LogP contribution is 2.33. The quantitative estimate of drug-likeness (QED) is 0.917. The molecule has 1 aromatic rings. The third kappa shape index (κ3) is 2.86. The largest absolute Gasteiger partial charge is 0.367 e. The Labute approximate surface area is 121 Å². The molecule has 3 unspecified atom stereocenters. The van der Waals surface area contributed by atoms with E-state index in [2.05, 4.69) is 24.1 Å². The lowest BCUT2D eigenvalue weighted by Gasteiger charge is -2.26. The first-order valence-corrected chi connectivity index (χ1v) is 8.02. The van der Waals surface area contributed by atoms with Gasteiger partial charge in [-0.2, -0.15) is 0 Å². The SMILES string of the molecule is CCCNC1CCCc2nc(C3CCC(C)O3)ncc21. The van der Waals surface area contributed by atoms with E-state index in [1.807, 2.05) is 6.20 Å². The summed E-state index contributed by atoms with van der Waals surface area (Å²) in [5.41, 5.74) is 2.54. The van der Waals surface area contributed by atoms with Crippen LogP contribution < -0.4 is 5.32 Å². The molecular weight excluding hydrogens is 250 g/mol. The van der Waals surface area contributed by atoms with Gasteiger partial charge in [-0.3, -0.25) is 0 Å². The zero-order chi connectivity index (χ0) is 13.9. The molecular formula is C16H25N3O. The zero-order valence-corrected chi connectivity index (χ0v) is 12.6. The predicted molar refractivity (Wildman–Crippen MR) is 78.5 cm³/mol. The van der Waals surface area contributed by atoms with Gasteiger partial charge in [-0.05, 0) is 52.0 Å². The molecule has 0 amide bonds. The fourth-order valence-electron chi connectivity index (χ4n) is 3.24. The van der Waals surface area contributed by atoms with E-state index in [0.717, 1.165) is 31.6 Å². The van der Waals surface area contributed by atoms with E-state index in [0.29, 0.717) is 12.1 Å². The number of hydrogen-bond donors (Lipinski definition) is 1. The third-order valence-corrected chi connectivity index (χ3v) is 4.36. The van der Waals surface area contributed by atoms with Gasteiger partial charge in [0.1, 0.15) is 6.10 Å². The van der Waals surface area contributed by atoms with Gasteiger partial charge in [-0.15, -0.1) is 0 Å². The Kier molecular flexibility index (Phi) is 4.32. The van der Waals surface area contributed by atoms with Crippen LogP contribution in [0.25, 0.3) is 0 Å². The second-order valence-electron chi connectivity index (χ2n) is 6.04. The minimum absolute atomic E-state index is 0.110. The number of fused-ring (bicyclic) bond motifs is 1. The molecule has 1 aliphatic carbocycles. The lowest BCUT2D eigenvalue weighted by molar-refractivity contribution is 0.0500. The molecule has 110 valence electrons. The molecule has 4 nitrogen and oxygen atoms in total. The first-order chi connectivity index (χ1) is 9.78. The van der Waals surface area contributed by atoms with Crippen molar-refractivity contribution in [2.24, 2.45) is 0 Å². The van der Waals surface area contributed by atoms with Crippen molar-refractivity contribution in [1.29, 1.82) is 0 Å². The van der Waals surface area contributed by atoms with E-state index in [1.165, 1.54) is 30.5 Å². The van der Waals surface area contributed by atoms with Crippen molar-refractivity contribution in [2.45, 2.75) is 70.6 Å². The molecule has 1 aromatic heterocycles. The number of nitrogens with one attached hydrogen (secondary N) is 1. The predicted octanol–water partition coefficient (Wildman–Crippen LogP) is 3.09. The van der Waals surface area contributed by atoms with Gasteiger partial charge in [0.05, 0.1) is 6.10 Å². The van der Waals surface area contributed by atoms with Crippen LogP contribution in [0.4, 0.5) is 0 Å².